The lowest BCUT2D eigenvalue weighted by atomic mass is 10.1. The van der Waals surface area contributed by atoms with Gasteiger partial charge in [0.25, 0.3) is 5.56 Å². The standard InChI is InChI=1S/C17H18N6O3/c1-10-3-4-15(20-19-10)17-14(11(2)26-21-17)9-23-16(25)5-12(6-18-23)22-7-13(24)8-22/h3-6,13,24H,7-9H2,1-2H3. The Morgan fingerprint density at radius 2 is 2.08 bits per heavy atom. The normalized spacial score (nSPS) is 14.5. The van der Waals surface area contributed by atoms with E-state index in [-0.39, 0.29) is 18.2 Å². The summed E-state index contributed by atoms with van der Waals surface area (Å²) >= 11 is 0. The highest BCUT2D eigenvalue weighted by molar-refractivity contribution is 5.58. The summed E-state index contributed by atoms with van der Waals surface area (Å²) in [6, 6.07) is 5.18. The Hall–Kier alpha value is -3.07. The number of hydrogen-bond donors (Lipinski definition) is 1. The number of aliphatic hydroxyl groups is 1. The zero-order chi connectivity index (χ0) is 18.3. The molecule has 3 aromatic heterocycles. The van der Waals surface area contributed by atoms with E-state index in [0.717, 1.165) is 11.3 Å². The highest BCUT2D eigenvalue weighted by Crippen LogP contribution is 2.24. The van der Waals surface area contributed by atoms with Crippen molar-refractivity contribution in [3.8, 4) is 11.4 Å². The Bertz CT molecular complexity index is 988. The van der Waals surface area contributed by atoms with Crippen molar-refractivity contribution < 1.29 is 9.63 Å². The molecule has 4 heterocycles. The first kappa shape index (κ1) is 16.4. The van der Waals surface area contributed by atoms with Crippen LogP contribution < -0.4 is 10.5 Å². The molecule has 134 valence electrons. The molecule has 0 bridgehead atoms. The summed E-state index contributed by atoms with van der Waals surface area (Å²) in [7, 11) is 0. The number of β-amino-alcohol motifs (C(OH)–C–C–N with tert-alkyl or cyclic N) is 1. The van der Waals surface area contributed by atoms with Crippen molar-refractivity contribution in [1.29, 1.82) is 0 Å². The van der Waals surface area contributed by atoms with Crippen molar-refractivity contribution in [2.45, 2.75) is 26.5 Å². The molecule has 0 aliphatic carbocycles. The first-order chi connectivity index (χ1) is 12.5. The van der Waals surface area contributed by atoms with E-state index in [1.54, 1.807) is 13.1 Å². The highest BCUT2D eigenvalue weighted by Gasteiger charge is 2.25. The maximum absolute atomic E-state index is 12.4. The molecule has 1 fully saturated rings. The van der Waals surface area contributed by atoms with Gasteiger partial charge in [0, 0.05) is 24.7 Å². The third-order valence-electron chi connectivity index (χ3n) is 4.42. The summed E-state index contributed by atoms with van der Waals surface area (Å²) in [5.41, 5.74) is 3.17. The van der Waals surface area contributed by atoms with Gasteiger partial charge in [-0.25, -0.2) is 4.68 Å². The minimum absolute atomic E-state index is 0.224. The molecule has 0 amide bonds. The maximum atomic E-state index is 12.4. The summed E-state index contributed by atoms with van der Waals surface area (Å²) < 4.78 is 6.65. The zero-order valence-electron chi connectivity index (χ0n) is 14.5. The second kappa shape index (κ2) is 6.34. The summed E-state index contributed by atoms with van der Waals surface area (Å²) in [6.45, 7) is 4.91. The lowest BCUT2D eigenvalue weighted by molar-refractivity contribution is 0.142. The number of aliphatic hydroxyl groups excluding tert-OH is 1. The molecular weight excluding hydrogens is 336 g/mol. The van der Waals surface area contributed by atoms with Gasteiger partial charge in [-0.2, -0.15) is 10.2 Å². The minimum atomic E-state index is -0.338. The average molecular weight is 354 g/mol. The lowest BCUT2D eigenvalue weighted by Gasteiger charge is -2.37. The molecule has 4 rings (SSSR count). The van der Waals surface area contributed by atoms with Crippen LogP contribution in [0, 0.1) is 13.8 Å². The second-order valence-corrected chi connectivity index (χ2v) is 6.39. The fraction of sp³-hybridized carbons (Fsp3) is 0.353. The topological polar surface area (TPSA) is 110 Å². The van der Waals surface area contributed by atoms with Crippen LogP contribution in [0.5, 0.6) is 0 Å². The van der Waals surface area contributed by atoms with Crippen LogP contribution in [-0.4, -0.2) is 49.4 Å². The number of aryl methyl sites for hydroxylation is 2. The molecule has 1 aliphatic rings. The van der Waals surface area contributed by atoms with Crippen LogP contribution >= 0.6 is 0 Å². The van der Waals surface area contributed by atoms with Crippen LogP contribution in [0.4, 0.5) is 5.69 Å². The SMILES string of the molecule is Cc1ccc(-c2noc(C)c2Cn2ncc(N3CC(O)C3)cc2=O)nn1. The first-order valence-corrected chi connectivity index (χ1v) is 8.27. The van der Waals surface area contributed by atoms with Gasteiger partial charge in [0.05, 0.1) is 30.2 Å². The molecule has 0 spiro atoms. The molecule has 9 heteroatoms. The smallest absolute Gasteiger partial charge is 0.269 e. The third kappa shape index (κ3) is 2.97. The summed E-state index contributed by atoms with van der Waals surface area (Å²) in [4.78, 5) is 14.3. The fourth-order valence-electron chi connectivity index (χ4n) is 2.84. The number of anilines is 1. The Balaban J connectivity index is 1.63. The molecule has 0 radical (unpaired) electrons. The number of aromatic nitrogens is 5. The molecule has 1 saturated heterocycles. The Kier molecular flexibility index (Phi) is 4.00. The molecular formula is C17H18N6O3. The predicted molar refractivity (Wildman–Crippen MR) is 92.8 cm³/mol. The van der Waals surface area contributed by atoms with Gasteiger partial charge in [0.2, 0.25) is 0 Å². The molecule has 0 atom stereocenters. The van der Waals surface area contributed by atoms with Crippen LogP contribution in [0.25, 0.3) is 11.4 Å². The van der Waals surface area contributed by atoms with E-state index in [0.29, 0.717) is 35.9 Å². The highest BCUT2D eigenvalue weighted by atomic mass is 16.5. The zero-order valence-corrected chi connectivity index (χ0v) is 14.5. The lowest BCUT2D eigenvalue weighted by Crippen LogP contribution is -2.51. The van der Waals surface area contributed by atoms with Crippen molar-refractivity contribution in [1.82, 2.24) is 25.1 Å². The van der Waals surface area contributed by atoms with Gasteiger partial charge in [0.15, 0.2) is 0 Å². The molecule has 0 unspecified atom stereocenters. The number of rotatable bonds is 4. The summed E-state index contributed by atoms with van der Waals surface area (Å²) in [5, 5.41) is 25.9. The van der Waals surface area contributed by atoms with Gasteiger partial charge in [-0.3, -0.25) is 4.79 Å². The number of nitrogens with zero attached hydrogens (tertiary/aromatic N) is 6. The first-order valence-electron chi connectivity index (χ1n) is 8.27. The van der Waals surface area contributed by atoms with Crippen molar-refractivity contribution in [3.05, 3.63) is 51.8 Å². The van der Waals surface area contributed by atoms with Crippen LogP contribution in [0.1, 0.15) is 17.0 Å². The molecule has 9 nitrogen and oxygen atoms in total. The predicted octanol–water partition coefficient (Wildman–Crippen LogP) is 0.534. The summed E-state index contributed by atoms with van der Waals surface area (Å²) in [6.07, 6.45) is 1.29. The van der Waals surface area contributed by atoms with E-state index >= 15 is 0 Å². The average Bonchev–Trinajstić information content (AvgIpc) is 2.95. The fourth-order valence-corrected chi connectivity index (χ4v) is 2.84. The van der Waals surface area contributed by atoms with E-state index in [4.69, 9.17) is 4.52 Å². The minimum Gasteiger partial charge on any atom is -0.389 e. The molecule has 26 heavy (non-hydrogen) atoms. The van der Waals surface area contributed by atoms with Crippen LogP contribution in [-0.2, 0) is 6.54 Å². The van der Waals surface area contributed by atoms with E-state index in [2.05, 4.69) is 20.5 Å². The molecule has 3 aromatic rings. The van der Waals surface area contributed by atoms with Crippen molar-refractivity contribution in [3.63, 3.8) is 0 Å². The Morgan fingerprint density at radius 1 is 1.27 bits per heavy atom. The third-order valence-corrected chi connectivity index (χ3v) is 4.42. The molecule has 0 aromatic carbocycles. The van der Waals surface area contributed by atoms with E-state index in [9.17, 15) is 9.90 Å². The van der Waals surface area contributed by atoms with Gasteiger partial charge in [-0.1, -0.05) is 5.16 Å². The molecule has 1 aliphatic heterocycles. The van der Waals surface area contributed by atoms with Gasteiger partial charge >= 0.3 is 0 Å². The molecule has 1 N–H and O–H groups in total. The van der Waals surface area contributed by atoms with Gasteiger partial charge in [-0.05, 0) is 26.0 Å². The van der Waals surface area contributed by atoms with Crippen LogP contribution in [0.2, 0.25) is 0 Å². The second-order valence-electron chi connectivity index (χ2n) is 6.39. The van der Waals surface area contributed by atoms with Crippen molar-refractivity contribution in [2.24, 2.45) is 0 Å². The van der Waals surface area contributed by atoms with Gasteiger partial charge in [0.1, 0.15) is 17.1 Å². The van der Waals surface area contributed by atoms with Gasteiger partial charge < -0.3 is 14.5 Å². The largest absolute Gasteiger partial charge is 0.389 e. The van der Waals surface area contributed by atoms with Crippen molar-refractivity contribution >= 4 is 5.69 Å². The Labute approximate surface area is 148 Å². The maximum Gasteiger partial charge on any atom is 0.269 e. The molecule has 0 saturated carbocycles. The van der Waals surface area contributed by atoms with E-state index in [1.165, 1.54) is 10.7 Å². The van der Waals surface area contributed by atoms with Crippen LogP contribution in [0.15, 0.2) is 33.7 Å². The van der Waals surface area contributed by atoms with Gasteiger partial charge in [-0.15, -0.1) is 5.10 Å². The monoisotopic (exact) mass is 354 g/mol. The van der Waals surface area contributed by atoms with Crippen LogP contribution in [0.3, 0.4) is 0 Å². The summed E-state index contributed by atoms with van der Waals surface area (Å²) in [5.74, 6) is 0.603. The number of hydrogen-bond acceptors (Lipinski definition) is 8. The quantitative estimate of drug-likeness (QED) is 0.723. The van der Waals surface area contributed by atoms with E-state index in [1.807, 2.05) is 24.0 Å². The van der Waals surface area contributed by atoms with Crippen molar-refractivity contribution in [2.75, 3.05) is 18.0 Å². The Morgan fingerprint density at radius 3 is 2.73 bits per heavy atom. The van der Waals surface area contributed by atoms with E-state index < -0.39 is 0 Å².